The molecule has 3 aromatic carbocycles. The highest BCUT2D eigenvalue weighted by Crippen LogP contribution is 2.50. The average Bonchev–Trinajstić information content (AvgIpc) is 3.38. The number of rotatable bonds is 13. The van der Waals surface area contributed by atoms with Crippen LogP contribution in [0.25, 0.3) is 5.57 Å². The van der Waals surface area contributed by atoms with Crippen molar-refractivity contribution in [2.24, 2.45) is 0 Å². The number of nitro groups is 2. The third-order valence-electron chi connectivity index (χ3n) is 10.2. The van der Waals surface area contributed by atoms with Gasteiger partial charge in [0.15, 0.2) is 0 Å². The highest BCUT2D eigenvalue weighted by Gasteiger charge is 2.43. The summed E-state index contributed by atoms with van der Waals surface area (Å²) in [5.41, 5.74) is 6.87. The van der Waals surface area contributed by atoms with Crippen molar-refractivity contribution in [3.05, 3.63) is 126 Å². The van der Waals surface area contributed by atoms with Crippen molar-refractivity contribution in [1.82, 2.24) is 0 Å². The molecule has 3 aromatic rings. The number of nitro benzene ring substituents is 2. The summed E-state index contributed by atoms with van der Waals surface area (Å²) in [4.78, 5) is 49.1. The number of anilines is 1. The minimum atomic E-state index is -0.614. The summed E-state index contributed by atoms with van der Waals surface area (Å²) < 4.78 is 10.4. The van der Waals surface area contributed by atoms with Crippen LogP contribution in [0.15, 0.2) is 72.3 Å². The van der Waals surface area contributed by atoms with E-state index in [0.29, 0.717) is 18.6 Å². The fourth-order valence-electron chi connectivity index (χ4n) is 7.70. The van der Waals surface area contributed by atoms with Gasteiger partial charge in [-0.15, -0.1) is 0 Å². The molecular weight excluding hydrogens is 650 g/mol. The summed E-state index contributed by atoms with van der Waals surface area (Å²) in [6.45, 7) is 12.8. The van der Waals surface area contributed by atoms with Gasteiger partial charge in [-0.05, 0) is 77.3 Å². The molecule has 0 saturated heterocycles. The smallest absolute Gasteiger partial charge is 0.310 e. The second-order valence-corrected chi connectivity index (χ2v) is 14.2. The van der Waals surface area contributed by atoms with Gasteiger partial charge in [0.05, 0.1) is 42.0 Å². The molecule has 1 aliphatic heterocycles. The summed E-state index contributed by atoms with van der Waals surface area (Å²) >= 11 is 0. The highest BCUT2D eigenvalue weighted by molar-refractivity contribution is 5.84. The van der Waals surface area contributed by atoms with Gasteiger partial charge in [0.2, 0.25) is 0 Å². The summed E-state index contributed by atoms with van der Waals surface area (Å²) in [7, 11) is 2.08. The first-order valence-electron chi connectivity index (χ1n) is 17.2. The molecule has 0 amide bonds. The molecule has 0 N–H and O–H groups in total. The molecule has 1 heterocycles. The highest BCUT2D eigenvalue weighted by atomic mass is 16.6. The average molecular weight is 696 g/mol. The van der Waals surface area contributed by atoms with Gasteiger partial charge in [-0.2, -0.15) is 0 Å². The number of non-ortho nitro benzene ring substituents is 2. The Hall–Kier alpha value is -5.32. The van der Waals surface area contributed by atoms with Gasteiger partial charge in [0.25, 0.3) is 11.4 Å². The minimum absolute atomic E-state index is 0.105. The molecule has 1 aliphatic carbocycles. The molecule has 1 unspecified atom stereocenters. The molecule has 0 fully saturated rings. The summed E-state index contributed by atoms with van der Waals surface area (Å²) in [5.74, 6) is -0.569. The maximum absolute atomic E-state index is 12.4. The molecule has 0 bridgehead atoms. The van der Waals surface area contributed by atoms with Gasteiger partial charge in [0.1, 0.15) is 0 Å². The molecule has 51 heavy (non-hydrogen) atoms. The molecule has 0 spiro atoms. The second-order valence-electron chi connectivity index (χ2n) is 14.2. The SMILES string of the molecule is CCOC(=O)Cc1ccc2c(c1)C(C)(C)C(/C=C/CC1N(C)c3ccc(CC(=O)OCC)cc3C1(C)C)=C2Cc1cc([N+](=O)[O-])cc([N+](=O)[O-])c1. The van der Waals surface area contributed by atoms with E-state index in [-0.39, 0.29) is 60.6 Å². The lowest BCUT2D eigenvalue weighted by molar-refractivity contribution is -0.394. The van der Waals surface area contributed by atoms with Crippen LogP contribution in [0.3, 0.4) is 0 Å². The number of ether oxygens (including phenoxy) is 2. The Morgan fingerprint density at radius 1 is 0.804 bits per heavy atom. The molecule has 11 heteroatoms. The Labute approximate surface area is 298 Å². The Kier molecular flexibility index (Phi) is 10.5. The van der Waals surface area contributed by atoms with E-state index < -0.39 is 15.3 Å². The van der Waals surface area contributed by atoms with Crippen molar-refractivity contribution in [3.63, 3.8) is 0 Å². The van der Waals surface area contributed by atoms with Crippen LogP contribution in [-0.4, -0.2) is 48.1 Å². The van der Waals surface area contributed by atoms with E-state index in [4.69, 9.17) is 9.47 Å². The zero-order valence-corrected chi connectivity index (χ0v) is 30.3. The van der Waals surface area contributed by atoms with Crippen molar-refractivity contribution in [1.29, 1.82) is 0 Å². The lowest BCUT2D eigenvalue weighted by atomic mass is 9.77. The molecule has 0 aromatic heterocycles. The van der Waals surface area contributed by atoms with E-state index in [1.807, 2.05) is 24.3 Å². The molecule has 0 saturated carbocycles. The standard InChI is InChI=1S/C40H45N3O8/c1-8-50-37(44)22-25-13-15-30-31(19-27-17-28(42(46)47)24-29(18-27)43(48)49)32(39(3,4)33(30)20-25)11-10-12-36-40(5,6)34-21-26(23-38(45)51-9-2)14-16-35(34)41(36)7/h10-11,13-18,20-21,24,36H,8-9,12,19,22-23H2,1-7H3/b11-10+. The zero-order valence-electron chi connectivity index (χ0n) is 30.3. The predicted octanol–water partition coefficient (Wildman–Crippen LogP) is 7.74. The third kappa shape index (κ3) is 7.43. The topological polar surface area (TPSA) is 142 Å². The first-order valence-corrected chi connectivity index (χ1v) is 17.2. The van der Waals surface area contributed by atoms with E-state index in [9.17, 15) is 29.8 Å². The molecule has 1 atom stereocenters. The number of nitrogens with zero attached hydrogens (tertiary/aromatic N) is 3. The summed E-state index contributed by atoms with van der Waals surface area (Å²) in [5, 5.41) is 23.4. The van der Waals surface area contributed by atoms with Crippen molar-refractivity contribution in [2.75, 3.05) is 25.2 Å². The predicted molar refractivity (Wildman–Crippen MR) is 196 cm³/mol. The van der Waals surface area contributed by atoms with E-state index in [1.54, 1.807) is 13.8 Å². The first kappa shape index (κ1) is 36.9. The maximum atomic E-state index is 12.4. The summed E-state index contributed by atoms with van der Waals surface area (Å²) in [6, 6.07) is 15.9. The van der Waals surface area contributed by atoms with Gasteiger partial charge >= 0.3 is 11.9 Å². The number of hydrogen-bond acceptors (Lipinski definition) is 9. The molecular formula is C40H45N3O8. The summed E-state index contributed by atoms with van der Waals surface area (Å²) in [6.07, 6.45) is 5.55. The minimum Gasteiger partial charge on any atom is -0.466 e. The van der Waals surface area contributed by atoms with Crippen LogP contribution in [0.2, 0.25) is 0 Å². The number of carbonyl (C=O) groups is 2. The zero-order chi connectivity index (χ0) is 37.2. The number of allylic oxidation sites excluding steroid dienone is 3. The van der Waals surface area contributed by atoms with Crippen molar-refractivity contribution in [2.45, 2.75) is 84.1 Å². The Morgan fingerprint density at radius 2 is 1.35 bits per heavy atom. The normalized spacial score (nSPS) is 17.0. The molecule has 11 nitrogen and oxygen atoms in total. The largest absolute Gasteiger partial charge is 0.466 e. The van der Waals surface area contributed by atoms with Gasteiger partial charge in [-0.25, -0.2) is 0 Å². The number of fused-ring (bicyclic) bond motifs is 2. The molecule has 268 valence electrons. The maximum Gasteiger partial charge on any atom is 0.310 e. The number of benzene rings is 3. The van der Waals surface area contributed by atoms with Crippen LogP contribution in [0.4, 0.5) is 17.1 Å². The number of esters is 2. The Morgan fingerprint density at radius 3 is 1.90 bits per heavy atom. The van der Waals surface area contributed by atoms with Gasteiger partial charge in [-0.1, -0.05) is 70.2 Å². The van der Waals surface area contributed by atoms with Crippen LogP contribution in [0.5, 0.6) is 0 Å². The van der Waals surface area contributed by atoms with Crippen molar-refractivity contribution >= 4 is 34.6 Å². The lowest BCUT2D eigenvalue weighted by Gasteiger charge is -2.31. The van der Waals surface area contributed by atoms with E-state index in [1.165, 1.54) is 17.7 Å². The van der Waals surface area contributed by atoms with E-state index in [2.05, 4.69) is 63.9 Å². The van der Waals surface area contributed by atoms with Crippen LogP contribution in [0.1, 0.15) is 81.3 Å². The van der Waals surface area contributed by atoms with Crippen molar-refractivity contribution in [3.8, 4) is 0 Å². The molecule has 5 rings (SSSR count). The van der Waals surface area contributed by atoms with Crippen LogP contribution in [0, 0.1) is 20.2 Å². The van der Waals surface area contributed by atoms with E-state index in [0.717, 1.165) is 45.2 Å². The fraction of sp³-hybridized carbons (Fsp3) is 0.400. The number of hydrogen-bond donors (Lipinski definition) is 0. The van der Waals surface area contributed by atoms with Gasteiger partial charge in [-0.3, -0.25) is 29.8 Å². The van der Waals surface area contributed by atoms with Gasteiger partial charge < -0.3 is 14.4 Å². The first-order chi connectivity index (χ1) is 24.1. The van der Waals surface area contributed by atoms with E-state index >= 15 is 0 Å². The lowest BCUT2D eigenvalue weighted by Crippen LogP contribution is -2.38. The van der Waals surface area contributed by atoms with Crippen LogP contribution < -0.4 is 4.90 Å². The molecule has 0 radical (unpaired) electrons. The van der Waals surface area contributed by atoms with Crippen LogP contribution >= 0.6 is 0 Å². The number of likely N-dealkylation sites (N-methyl/N-ethyl adjacent to an activating group) is 1. The number of carbonyl (C=O) groups excluding carboxylic acids is 2. The Bertz CT molecular complexity index is 1930. The van der Waals surface area contributed by atoms with Crippen molar-refractivity contribution < 1.29 is 28.9 Å². The van der Waals surface area contributed by atoms with Gasteiger partial charge in [0, 0.05) is 41.7 Å². The Balaban J connectivity index is 1.51. The quantitative estimate of drug-likeness (QED) is 0.0997. The molecule has 2 aliphatic rings. The second kappa shape index (κ2) is 14.5. The third-order valence-corrected chi connectivity index (χ3v) is 10.2. The monoisotopic (exact) mass is 695 g/mol. The fourth-order valence-corrected chi connectivity index (χ4v) is 7.70. The van der Waals surface area contributed by atoms with Crippen LogP contribution in [-0.2, 0) is 49.2 Å².